The summed E-state index contributed by atoms with van der Waals surface area (Å²) >= 11 is 5.20. The third-order valence-corrected chi connectivity index (χ3v) is 4.55. The lowest BCUT2D eigenvalue weighted by atomic mass is 9.95. The van der Waals surface area contributed by atoms with Crippen LogP contribution in [0.2, 0.25) is 0 Å². The zero-order valence-electron chi connectivity index (χ0n) is 8.15. The normalized spacial score (nSPS) is 18.1. The van der Waals surface area contributed by atoms with Gasteiger partial charge in [0.15, 0.2) is 0 Å². The molecule has 1 amide bonds. The zero-order valence-corrected chi connectivity index (χ0v) is 10.6. The first-order valence-corrected chi connectivity index (χ1v) is 6.51. The molecule has 1 N–H and O–H groups in total. The maximum Gasteiger partial charge on any atom is 0.407 e. The molecule has 1 saturated heterocycles. The highest BCUT2D eigenvalue weighted by atomic mass is 79.9. The zero-order chi connectivity index (χ0) is 10.8. The van der Waals surface area contributed by atoms with Gasteiger partial charge in [-0.2, -0.15) is 0 Å². The molecule has 0 unspecified atom stereocenters. The van der Waals surface area contributed by atoms with Crippen molar-refractivity contribution in [3.63, 3.8) is 0 Å². The molecule has 1 fully saturated rings. The van der Waals surface area contributed by atoms with Crippen molar-refractivity contribution in [3.05, 3.63) is 20.8 Å². The van der Waals surface area contributed by atoms with Gasteiger partial charge in [-0.25, -0.2) is 4.79 Å². The smallest absolute Gasteiger partial charge is 0.407 e. The Bertz CT molecular complexity index is 358. The highest BCUT2D eigenvalue weighted by Gasteiger charge is 2.23. The van der Waals surface area contributed by atoms with Gasteiger partial charge in [0, 0.05) is 18.0 Å². The molecule has 15 heavy (non-hydrogen) atoms. The molecule has 1 aliphatic rings. The van der Waals surface area contributed by atoms with Crippen molar-refractivity contribution >= 4 is 33.4 Å². The quantitative estimate of drug-likeness (QED) is 0.861. The van der Waals surface area contributed by atoms with Crippen LogP contribution in [0.15, 0.2) is 15.9 Å². The highest BCUT2D eigenvalue weighted by molar-refractivity contribution is 9.11. The first-order chi connectivity index (χ1) is 7.16. The van der Waals surface area contributed by atoms with Crippen LogP contribution in [0.1, 0.15) is 23.6 Å². The summed E-state index contributed by atoms with van der Waals surface area (Å²) in [6, 6.07) is 4.19. The maximum absolute atomic E-state index is 10.7. The van der Waals surface area contributed by atoms with Crippen LogP contribution in [-0.4, -0.2) is 29.2 Å². The van der Waals surface area contributed by atoms with Gasteiger partial charge in [0.1, 0.15) is 0 Å². The van der Waals surface area contributed by atoms with Gasteiger partial charge in [-0.1, -0.05) is 0 Å². The number of nitrogens with zero attached hydrogens (tertiary/aromatic N) is 1. The van der Waals surface area contributed by atoms with Gasteiger partial charge in [-0.05, 0) is 46.8 Å². The average Bonchev–Trinajstić information content (AvgIpc) is 2.65. The SMILES string of the molecule is O=C(O)N1CCC(c2ccc(Br)s2)CC1. The van der Waals surface area contributed by atoms with E-state index in [1.807, 2.05) is 0 Å². The van der Waals surface area contributed by atoms with Gasteiger partial charge >= 0.3 is 6.09 Å². The summed E-state index contributed by atoms with van der Waals surface area (Å²) in [6.07, 6.45) is 1.10. The second-order valence-corrected chi connectivity index (χ2v) is 6.18. The Balaban J connectivity index is 1.96. The maximum atomic E-state index is 10.7. The number of carboxylic acid groups (broad SMARTS) is 1. The van der Waals surface area contributed by atoms with Crippen LogP contribution in [0.4, 0.5) is 4.79 Å². The molecular formula is C10H12BrNO2S. The van der Waals surface area contributed by atoms with E-state index in [4.69, 9.17) is 5.11 Å². The Morgan fingerprint density at radius 2 is 2.13 bits per heavy atom. The second kappa shape index (κ2) is 4.53. The van der Waals surface area contributed by atoms with Crippen molar-refractivity contribution in [1.29, 1.82) is 0 Å². The summed E-state index contributed by atoms with van der Waals surface area (Å²) in [5, 5.41) is 8.82. The standard InChI is InChI=1S/C10H12BrNO2S/c11-9-2-1-8(15-9)7-3-5-12(6-4-7)10(13)14/h1-2,7H,3-6H2,(H,13,14). The number of hydrogen-bond acceptors (Lipinski definition) is 2. The van der Waals surface area contributed by atoms with Crippen molar-refractivity contribution in [3.8, 4) is 0 Å². The molecule has 1 aromatic heterocycles. The monoisotopic (exact) mass is 289 g/mol. The van der Waals surface area contributed by atoms with E-state index < -0.39 is 6.09 Å². The molecule has 3 nitrogen and oxygen atoms in total. The number of carbonyl (C=O) groups is 1. The van der Waals surface area contributed by atoms with Gasteiger partial charge < -0.3 is 10.0 Å². The van der Waals surface area contributed by atoms with Crippen LogP contribution in [-0.2, 0) is 0 Å². The predicted octanol–water partition coefficient (Wildman–Crippen LogP) is 3.37. The van der Waals surface area contributed by atoms with Crippen molar-refractivity contribution in [2.24, 2.45) is 0 Å². The Morgan fingerprint density at radius 1 is 1.47 bits per heavy atom. The lowest BCUT2D eigenvalue weighted by Gasteiger charge is -2.29. The largest absolute Gasteiger partial charge is 0.465 e. The van der Waals surface area contributed by atoms with E-state index >= 15 is 0 Å². The molecular weight excluding hydrogens is 278 g/mol. The molecule has 0 saturated carbocycles. The Morgan fingerprint density at radius 3 is 2.60 bits per heavy atom. The minimum atomic E-state index is -0.791. The molecule has 82 valence electrons. The number of likely N-dealkylation sites (tertiary alicyclic amines) is 1. The summed E-state index contributed by atoms with van der Waals surface area (Å²) in [4.78, 5) is 13.6. The molecule has 0 radical (unpaired) electrons. The van der Waals surface area contributed by atoms with Gasteiger partial charge in [0.2, 0.25) is 0 Å². The van der Waals surface area contributed by atoms with Crippen molar-refractivity contribution in [2.75, 3.05) is 13.1 Å². The minimum absolute atomic E-state index is 0.539. The van der Waals surface area contributed by atoms with Crippen LogP contribution >= 0.6 is 27.3 Å². The fraction of sp³-hybridized carbons (Fsp3) is 0.500. The fourth-order valence-electron chi connectivity index (χ4n) is 1.90. The van der Waals surface area contributed by atoms with Gasteiger partial charge in [0.05, 0.1) is 3.79 Å². The molecule has 2 heterocycles. The first kappa shape index (κ1) is 11.0. The van der Waals surface area contributed by atoms with Crippen LogP contribution in [0.3, 0.4) is 0 Å². The Labute approximate surface area is 101 Å². The molecule has 5 heteroatoms. The number of rotatable bonds is 1. The van der Waals surface area contributed by atoms with Crippen LogP contribution in [0.5, 0.6) is 0 Å². The topological polar surface area (TPSA) is 40.5 Å². The van der Waals surface area contributed by atoms with Gasteiger partial charge in [-0.3, -0.25) is 0 Å². The molecule has 2 rings (SSSR count). The summed E-state index contributed by atoms with van der Waals surface area (Å²) in [5.74, 6) is 0.539. The Hall–Kier alpha value is -0.550. The molecule has 0 aromatic carbocycles. The number of piperidine rings is 1. The number of amides is 1. The molecule has 1 aliphatic heterocycles. The van der Waals surface area contributed by atoms with Crippen molar-refractivity contribution in [1.82, 2.24) is 4.90 Å². The third-order valence-electron chi connectivity index (χ3n) is 2.76. The van der Waals surface area contributed by atoms with E-state index in [1.54, 1.807) is 11.3 Å². The molecule has 0 atom stereocenters. The van der Waals surface area contributed by atoms with Crippen LogP contribution < -0.4 is 0 Å². The van der Waals surface area contributed by atoms with Crippen molar-refractivity contribution < 1.29 is 9.90 Å². The Kier molecular flexibility index (Phi) is 3.31. The summed E-state index contributed by atoms with van der Waals surface area (Å²) < 4.78 is 1.15. The average molecular weight is 290 g/mol. The summed E-state index contributed by atoms with van der Waals surface area (Å²) in [5.41, 5.74) is 0. The van der Waals surface area contributed by atoms with Gasteiger partial charge in [0.25, 0.3) is 0 Å². The predicted molar refractivity (Wildman–Crippen MR) is 63.6 cm³/mol. The second-order valence-electron chi connectivity index (χ2n) is 3.69. The lowest BCUT2D eigenvalue weighted by molar-refractivity contribution is 0.132. The molecule has 0 bridgehead atoms. The van der Waals surface area contributed by atoms with E-state index in [2.05, 4.69) is 28.1 Å². The number of halogens is 1. The van der Waals surface area contributed by atoms with Crippen LogP contribution in [0, 0.1) is 0 Å². The third kappa shape index (κ3) is 2.52. The molecule has 0 spiro atoms. The van der Waals surface area contributed by atoms with E-state index in [0.717, 1.165) is 16.6 Å². The first-order valence-electron chi connectivity index (χ1n) is 4.90. The minimum Gasteiger partial charge on any atom is -0.465 e. The lowest BCUT2D eigenvalue weighted by Crippen LogP contribution is -2.36. The summed E-state index contributed by atoms with van der Waals surface area (Å²) in [7, 11) is 0. The molecule has 0 aliphatic carbocycles. The fourth-order valence-corrected chi connectivity index (χ4v) is 3.50. The van der Waals surface area contributed by atoms with Crippen LogP contribution in [0.25, 0.3) is 0 Å². The number of hydrogen-bond donors (Lipinski definition) is 1. The van der Waals surface area contributed by atoms with E-state index in [0.29, 0.717) is 19.0 Å². The van der Waals surface area contributed by atoms with Crippen molar-refractivity contribution in [2.45, 2.75) is 18.8 Å². The van der Waals surface area contributed by atoms with Gasteiger partial charge in [-0.15, -0.1) is 11.3 Å². The summed E-state index contributed by atoms with van der Waals surface area (Å²) in [6.45, 7) is 1.32. The van der Waals surface area contributed by atoms with E-state index in [1.165, 1.54) is 9.78 Å². The van der Waals surface area contributed by atoms with E-state index in [-0.39, 0.29) is 0 Å². The highest BCUT2D eigenvalue weighted by Crippen LogP contribution is 2.34. The number of thiophene rings is 1. The van der Waals surface area contributed by atoms with E-state index in [9.17, 15) is 4.79 Å². The molecule has 1 aromatic rings.